The van der Waals surface area contributed by atoms with E-state index in [2.05, 4.69) is 27.9 Å². The number of nitrogens with one attached hydrogen (secondary N) is 1. The van der Waals surface area contributed by atoms with Gasteiger partial charge in [0, 0.05) is 21.9 Å². The van der Waals surface area contributed by atoms with Crippen LogP contribution >= 0.6 is 22.6 Å². The van der Waals surface area contributed by atoms with Gasteiger partial charge in [-0.15, -0.1) is 0 Å². The number of nitrogen functional groups attached to an aromatic ring is 1. The summed E-state index contributed by atoms with van der Waals surface area (Å²) in [6, 6.07) is 5.38. The summed E-state index contributed by atoms with van der Waals surface area (Å²) in [6.45, 7) is 1.48. The lowest BCUT2D eigenvalue weighted by Crippen LogP contribution is -2.06. The molecule has 3 nitrogen and oxygen atoms in total. The predicted octanol–water partition coefficient (Wildman–Crippen LogP) is 1.83. The summed E-state index contributed by atoms with van der Waals surface area (Å²) in [7, 11) is 0. The van der Waals surface area contributed by atoms with Crippen molar-refractivity contribution < 1.29 is 4.79 Å². The number of rotatable bonds is 1. The Labute approximate surface area is 84.5 Å². The number of carbonyl (C=O) groups excluding carboxylic acids is 1. The Kier molecular flexibility index (Phi) is 2.91. The van der Waals surface area contributed by atoms with Crippen molar-refractivity contribution in [2.75, 3.05) is 11.1 Å². The molecule has 0 saturated heterocycles. The number of anilines is 2. The van der Waals surface area contributed by atoms with Gasteiger partial charge in [-0.25, -0.2) is 0 Å². The highest BCUT2D eigenvalue weighted by Crippen LogP contribution is 2.19. The van der Waals surface area contributed by atoms with Crippen LogP contribution in [-0.2, 0) is 4.79 Å². The summed E-state index contributed by atoms with van der Waals surface area (Å²) in [5.41, 5.74) is 7.10. The zero-order valence-electron chi connectivity index (χ0n) is 6.60. The van der Waals surface area contributed by atoms with Gasteiger partial charge in [0.25, 0.3) is 0 Å². The highest BCUT2D eigenvalue weighted by Gasteiger charge is 1.98. The largest absolute Gasteiger partial charge is 0.398 e. The number of nitrogens with two attached hydrogens (primary N) is 1. The summed E-state index contributed by atoms with van der Waals surface area (Å²) < 4.78 is 0.943. The molecule has 1 aromatic rings. The average molecular weight is 276 g/mol. The van der Waals surface area contributed by atoms with Crippen LogP contribution in [0.15, 0.2) is 18.2 Å². The minimum atomic E-state index is -0.0735. The van der Waals surface area contributed by atoms with Crippen LogP contribution in [-0.4, -0.2) is 5.91 Å². The monoisotopic (exact) mass is 276 g/mol. The van der Waals surface area contributed by atoms with Gasteiger partial charge in [-0.05, 0) is 40.8 Å². The van der Waals surface area contributed by atoms with E-state index in [-0.39, 0.29) is 5.91 Å². The molecule has 4 heteroatoms. The van der Waals surface area contributed by atoms with Crippen LogP contribution in [0.1, 0.15) is 6.92 Å². The molecule has 3 N–H and O–H groups in total. The van der Waals surface area contributed by atoms with E-state index in [1.165, 1.54) is 6.92 Å². The number of amides is 1. The zero-order chi connectivity index (χ0) is 9.14. The smallest absolute Gasteiger partial charge is 0.221 e. The van der Waals surface area contributed by atoms with Gasteiger partial charge >= 0.3 is 0 Å². The van der Waals surface area contributed by atoms with Crippen molar-refractivity contribution in [3.63, 3.8) is 0 Å². The molecule has 0 fully saturated rings. The number of hydrogen-bond acceptors (Lipinski definition) is 2. The second-order valence-electron chi connectivity index (χ2n) is 2.42. The molecule has 0 unspecified atom stereocenters. The Morgan fingerprint density at radius 3 is 2.75 bits per heavy atom. The third-order valence-corrected chi connectivity index (χ3v) is 2.26. The fourth-order valence-electron chi connectivity index (χ4n) is 0.808. The number of carbonyl (C=O) groups is 1. The van der Waals surface area contributed by atoms with E-state index >= 15 is 0 Å². The second-order valence-corrected chi connectivity index (χ2v) is 3.58. The Hall–Kier alpha value is -0.780. The van der Waals surface area contributed by atoms with Crippen LogP contribution in [0.2, 0.25) is 0 Å². The second kappa shape index (κ2) is 3.75. The van der Waals surface area contributed by atoms with Crippen LogP contribution in [0, 0.1) is 3.57 Å². The lowest BCUT2D eigenvalue weighted by Gasteiger charge is -2.03. The predicted molar refractivity (Wildman–Crippen MR) is 57.9 cm³/mol. The Bertz CT molecular complexity index is 312. The number of hydrogen-bond donors (Lipinski definition) is 2. The fourth-order valence-corrected chi connectivity index (χ4v) is 1.32. The van der Waals surface area contributed by atoms with E-state index in [0.29, 0.717) is 0 Å². The molecule has 1 rings (SSSR count). The van der Waals surface area contributed by atoms with Crippen molar-refractivity contribution in [2.24, 2.45) is 0 Å². The van der Waals surface area contributed by atoms with Crippen LogP contribution in [0.3, 0.4) is 0 Å². The van der Waals surface area contributed by atoms with Crippen LogP contribution in [0.4, 0.5) is 11.4 Å². The third-order valence-electron chi connectivity index (χ3n) is 1.32. The van der Waals surface area contributed by atoms with Crippen LogP contribution < -0.4 is 11.1 Å². The molecule has 0 aliphatic heterocycles. The van der Waals surface area contributed by atoms with E-state index in [4.69, 9.17) is 5.73 Å². The third kappa shape index (κ3) is 2.37. The van der Waals surface area contributed by atoms with Crippen LogP contribution in [0.25, 0.3) is 0 Å². The summed E-state index contributed by atoms with van der Waals surface area (Å²) >= 11 is 2.12. The van der Waals surface area contributed by atoms with Crippen molar-refractivity contribution in [2.45, 2.75) is 6.92 Å². The van der Waals surface area contributed by atoms with Gasteiger partial charge in [0.05, 0.1) is 0 Å². The van der Waals surface area contributed by atoms with Crippen molar-refractivity contribution in [3.05, 3.63) is 21.8 Å². The molecule has 0 saturated carbocycles. The van der Waals surface area contributed by atoms with Crippen molar-refractivity contribution in [1.82, 2.24) is 0 Å². The molecule has 1 amide bonds. The molecule has 0 aliphatic rings. The van der Waals surface area contributed by atoms with Gasteiger partial charge in [0.15, 0.2) is 0 Å². The SMILES string of the molecule is CC(=O)Nc1ccc(N)c(I)c1. The lowest BCUT2D eigenvalue weighted by atomic mass is 10.3. The van der Waals surface area contributed by atoms with Crippen LogP contribution in [0.5, 0.6) is 0 Å². The van der Waals surface area contributed by atoms with Gasteiger partial charge in [0.1, 0.15) is 0 Å². The summed E-state index contributed by atoms with van der Waals surface area (Å²) in [6.07, 6.45) is 0. The molecule has 0 atom stereocenters. The highest BCUT2D eigenvalue weighted by molar-refractivity contribution is 14.1. The summed E-state index contributed by atoms with van der Waals surface area (Å²) in [5, 5.41) is 2.67. The van der Waals surface area contributed by atoms with E-state index in [0.717, 1.165) is 14.9 Å². The van der Waals surface area contributed by atoms with Gasteiger partial charge in [-0.3, -0.25) is 4.79 Å². The Balaban J connectivity index is 2.89. The van der Waals surface area contributed by atoms with Gasteiger partial charge in [0.2, 0.25) is 5.91 Å². The first-order valence-corrected chi connectivity index (χ1v) is 4.50. The molecule has 1 aromatic carbocycles. The first kappa shape index (κ1) is 9.31. The minimum absolute atomic E-state index is 0.0735. The molecule has 0 aliphatic carbocycles. The summed E-state index contributed by atoms with van der Waals surface area (Å²) in [5.74, 6) is -0.0735. The zero-order valence-corrected chi connectivity index (χ0v) is 8.75. The Morgan fingerprint density at radius 2 is 2.25 bits per heavy atom. The average Bonchev–Trinajstić information content (AvgIpc) is 1.96. The lowest BCUT2D eigenvalue weighted by molar-refractivity contribution is -0.114. The maximum atomic E-state index is 10.7. The molecular formula is C8H9IN2O. The van der Waals surface area contributed by atoms with Gasteiger partial charge in [-0.1, -0.05) is 0 Å². The fraction of sp³-hybridized carbons (Fsp3) is 0.125. The molecule has 0 radical (unpaired) electrons. The molecule has 12 heavy (non-hydrogen) atoms. The number of halogens is 1. The molecule has 0 heterocycles. The molecule has 64 valence electrons. The van der Waals surface area contributed by atoms with E-state index in [9.17, 15) is 4.79 Å². The minimum Gasteiger partial charge on any atom is -0.398 e. The standard InChI is InChI=1S/C8H9IN2O/c1-5(12)11-6-2-3-8(10)7(9)4-6/h2-4H,10H2,1H3,(H,11,12). The first-order valence-electron chi connectivity index (χ1n) is 3.42. The molecule has 0 spiro atoms. The first-order chi connectivity index (χ1) is 5.59. The van der Waals surface area contributed by atoms with Gasteiger partial charge in [-0.2, -0.15) is 0 Å². The Morgan fingerprint density at radius 1 is 1.58 bits per heavy atom. The van der Waals surface area contributed by atoms with E-state index < -0.39 is 0 Å². The number of benzene rings is 1. The van der Waals surface area contributed by atoms with Crippen molar-refractivity contribution in [1.29, 1.82) is 0 Å². The van der Waals surface area contributed by atoms with Crippen molar-refractivity contribution in [3.8, 4) is 0 Å². The molecular weight excluding hydrogens is 267 g/mol. The topological polar surface area (TPSA) is 55.1 Å². The summed E-state index contributed by atoms with van der Waals surface area (Å²) in [4.78, 5) is 10.7. The highest BCUT2D eigenvalue weighted by atomic mass is 127. The maximum absolute atomic E-state index is 10.7. The van der Waals surface area contributed by atoms with Gasteiger partial charge < -0.3 is 11.1 Å². The maximum Gasteiger partial charge on any atom is 0.221 e. The van der Waals surface area contributed by atoms with E-state index in [1.54, 1.807) is 12.1 Å². The molecule has 0 bridgehead atoms. The van der Waals surface area contributed by atoms with Crippen molar-refractivity contribution >= 4 is 39.9 Å². The van der Waals surface area contributed by atoms with E-state index in [1.807, 2.05) is 6.07 Å². The molecule has 0 aromatic heterocycles. The quantitative estimate of drug-likeness (QED) is 0.607. The normalized spacial score (nSPS) is 9.50.